The summed E-state index contributed by atoms with van der Waals surface area (Å²) in [4.78, 5) is 4.53. The van der Waals surface area contributed by atoms with Gasteiger partial charge in [0.15, 0.2) is 16.6 Å². The van der Waals surface area contributed by atoms with E-state index in [0.717, 1.165) is 0 Å². The number of thiazole rings is 1. The van der Waals surface area contributed by atoms with Crippen LogP contribution in [0, 0.1) is 0 Å². The van der Waals surface area contributed by atoms with Gasteiger partial charge in [-0.15, -0.1) is 11.3 Å². The second kappa shape index (κ2) is 3.96. The van der Waals surface area contributed by atoms with E-state index in [2.05, 4.69) is 14.8 Å². The summed E-state index contributed by atoms with van der Waals surface area (Å²) in [6, 6.07) is 1.56. The molecule has 8 nitrogen and oxygen atoms in total. The topological polar surface area (TPSA) is 107 Å². The Bertz CT molecular complexity index is 843. The maximum atomic E-state index is 12.3. The molecule has 0 atom stereocenters. The van der Waals surface area contributed by atoms with Gasteiger partial charge in [-0.1, -0.05) is 0 Å². The molecule has 0 aliphatic carbocycles. The van der Waals surface area contributed by atoms with Crippen molar-refractivity contribution in [2.45, 2.75) is 5.03 Å². The third kappa shape index (κ3) is 1.94. The summed E-state index contributed by atoms with van der Waals surface area (Å²) in [5.41, 5.74) is 5.67. The Morgan fingerprint density at radius 3 is 2.89 bits per heavy atom. The van der Waals surface area contributed by atoms with Crippen LogP contribution in [0.25, 0.3) is 4.96 Å². The summed E-state index contributed by atoms with van der Waals surface area (Å²) in [6.45, 7) is 0. The number of aromatic nitrogens is 4. The molecule has 0 fully saturated rings. The number of aryl methyl sites for hydroxylation is 1. The Balaban J connectivity index is 2.09. The number of nitrogens with one attached hydrogen (secondary N) is 1. The molecule has 0 aliphatic heterocycles. The zero-order chi connectivity index (χ0) is 13.6. The first-order valence-electron chi connectivity index (χ1n) is 5.21. The largest absolute Gasteiger partial charge is 0.381 e. The van der Waals surface area contributed by atoms with Gasteiger partial charge in [-0.25, -0.2) is 4.98 Å². The fourth-order valence-corrected chi connectivity index (χ4v) is 3.69. The van der Waals surface area contributed by atoms with E-state index >= 15 is 0 Å². The minimum Gasteiger partial charge on any atom is -0.381 e. The number of nitrogen functional groups attached to an aromatic ring is 1. The first kappa shape index (κ1) is 12.0. The standard InChI is InChI=1S/C9H10N6O2S2/c1-14-3-2-6(12-14)13-19(16,17)8-7(10)11-9-15(8)4-5-18-9/h2-5H,10H2,1H3,(H,12,13). The SMILES string of the molecule is Cn1ccc(NS(=O)(=O)c2c(N)nc3sccn23)n1. The molecule has 0 spiro atoms. The van der Waals surface area contributed by atoms with Crippen molar-refractivity contribution >= 4 is 38.0 Å². The van der Waals surface area contributed by atoms with Crippen LogP contribution in [-0.4, -0.2) is 27.6 Å². The normalized spacial score (nSPS) is 12.1. The summed E-state index contributed by atoms with van der Waals surface area (Å²) in [5.74, 6) is 0.197. The van der Waals surface area contributed by atoms with Gasteiger partial charge in [-0.3, -0.25) is 13.8 Å². The van der Waals surface area contributed by atoms with Crippen LogP contribution in [0.15, 0.2) is 28.9 Å². The zero-order valence-electron chi connectivity index (χ0n) is 9.81. The first-order chi connectivity index (χ1) is 8.97. The van der Waals surface area contributed by atoms with E-state index in [4.69, 9.17) is 5.73 Å². The fraction of sp³-hybridized carbons (Fsp3) is 0.111. The molecular weight excluding hydrogens is 288 g/mol. The zero-order valence-corrected chi connectivity index (χ0v) is 11.4. The molecule has 3 rings (SSSR count). The minimum absolute atomic E-state index is 0.0321. The predicted octanol–water partition coefficient (Wildman–Crippen LogP) is 0.512. The van der Waals surface area contributed by atoms with Gasteiger partial charge >= 0.3 is 0 Å². The predicted molar refractivity (Wildman–Crippen MR) is 71.5 cm³/mol. The quantitative estimate of drug-likeness (QED) is 0.732. The highest BCUT2D eigenvalue weighted by Crippen LogP contribution is 2.24. The number of hydrogen-bond donors (Lipinski definition) is 2. The van der Waals surface area contributed by atoms with Crippen molar-refractivity contribution in [3.05, 3.63) is 23.8 Å². The first-order valence-corrected chi connectivity index (χ1v) is 7.57. The molecule has 0 radical (unpaired) electrons. The highest BCUT2D eigenvalue weighted by atomic mass is 32.2. The van der Waals surface area contributed by atoms with Crippen molar-refractivity contribution in [3.63, 3.8) is 0 Å². The number of nitrogens with zero attached hydrogens (tertiary/aromatic N) is 4. The average Bonchev–Trinajstić information content (AvgIpc) is 2.93. The van der Waals surface area contributed by atoms with Gasteiger partial charge in [0.25, 0.3) is 10.0 Å². The lowest BCUT2D eigenvalue weighted by Crippen LogP contribution is -2.16. The molecule has 0 aromatic carbocycles. The summed E-state index contributed by atoms with van der Waals surface area (Å²) in [6.07, 6.45) is 3.24. The summed E-state index contributed by atoms with van der Waals surface area (Å²) in [5, 5.41) is 5.62. The lowest BCUT2D eigenvalue weighted by Gasteiger charge is -2.04. The monoisotopic (exact) mass is 298 g/mol. The van der Waals surface area contributed by atoms with E-state index in [-0.39, 0.29) is 16.7 Å². The Morgan fingerprint density at radius 1 is 1.42 bits per heavy atom. The van der Waals surface area contributed by atoms with Gasteiger partial charge in [0.2, 0.25) is 5.03 Å². The molecule has 3 aromatic heterocycles. The second-order valence-corrected chi connectivity index (χ2v) is 6.31. The van der Waals surface area contributed by atoms with Crippen LogP contribution in [0.3, 0.4) is 0 Å². The second-order valence-electron chi connectivity index (χ2n) is 3.84. The summed E-state index contributed by atoms with van der Waals surface area (Å²) in [7, 11) is -2.13. The lowest BCUT2D eigenvalue weighted by molar-refractivity contribution is 0.597. The van der Waals surface area contributed by atoms with Crippen LogP contribution >= 0.6 is 11.3 Å². The third-order valence-electron chi connectivity index (χ3n) is 2.45. The van der Waals surface area contributed by atoms with Crippen LogP contribution in [0.2, 0.25) is 0 Å². The van der Waals surface area contributed by atoms with Gasteiger partial charge in [-0.05, 0) is 0 Å². The molecule has 3 heterocycles. The third-order valence-corrected chi connectivity index (χ3v) is 4.60. The Morgan fingerprint density at radius 2 is 2.21 bits per heavy atom. The van der Waals surface area contributed by atoms with Crippen LogP contribution in [0.5, 0.6) is 0 Å². The number of anilines is 2. The molecule has 100 valence electrons. The van der Waals surface area contributed by atoms with Crippen LogP contribution in [-0.2, 0) is 17.1 Å². The van der Waals surface area contributed by atoms with Crippen molar-refractivity contribution in [2.75, 3.05) is 10.5 Å². The molecular formula is C9H10N6O2S2. The van der Waals surface area contributed by atoms with Gasteiger partial charge in [0.1, 0.15) is 0 Å². The molecule has 3 aromatic rings. The summed E-state index contributed by atoms with van der Waals surface area (Å²) < 4.78 is 29.9. The van der Waals surface area contributed by atoms with E-state index in [1.54, 1.807) is 30.9 Å². The molecule has 0 saturated carbocycles. The Labute approximate surface area is 112 Å². The number of fused-ring (bicyclic) bond motifs is 1. The Kier molecular flexibility index (Phi) is 2.50. The number of sulfonamides is 1. The van der Waals surface area contributed by atoms with Crippen LogP contribution < -0.4 is 10.5 Å². The highest BCUT2D eigenvalue weighted by Gasteiger charge is 2.25. The maximum absolute atomic E-state index is 12.3. The Hall–Kier alpha value is -2.07. The molecule has 19 heavy (non-hydrogen) atoms. The maximum Gasteiger partial charge on any atom is 0.282 e. The van der Waals surface area contributed by atoms with Gasteiger partial charge in [0.05, 0.1) is 0 Å². The molecule has 0 unspecified atom stereocenters. The molecule has 0 bridgehead atoms. The molecule has 0 amide bonds. The van der Waals surface area contributed by atoms with Crippen molar-refractivity contribution in [3.8, 4) is 0 Å². The number of rotatable bonds is 3. The van der Waals surface area contributed by atoms with Gasteiger partial charge < -0.3 is 5.73 Å². The average molecular weight is 298 g/mol. The van der Waals surface area contributed by atoms with Crippen LogP contribution in [0.1, 0.15) is 0 Å². The van der Waals surface area contributed by atoms with Crippen molar-refractivity contribution < 1.29 is 8.42 Å². The van der Waals surface area contributed by atoms with E-state index in [1.165, 1.54) is 20.4 Å². The van der Waals surface area contributed by atoms with Gasteiger partial charge in [0, 0.05) is 30.9 Å². The lowest BCUT2D eigenvalue weighted by atomic mass is 10.7. The summed E-state index contributed by atoms with van der Waals surface area (Å²) >= 11 is 1.31. The minimum atomic E-state index is -3.83. The molecule has 3 N–H and O–H groups in total. The smallest absolute Gasteiger partial charge is 0.282 e. The van der Waals surface area contributed by atoms with E-state index in [0.29, 0.717) is 4.96 Å². The van der Waals surface area contributed by atoms with E-state index in [1.807, 2.05) is 0 Å². The van der Waals surface area contributed by atoms with Crippen molar-refractivity contribution in [1.82, 2.24) is 19.2 Å². The highest BCUT2D eigenvalue weighted by molar-refractivity contribution is 7.92. The number of hydrogen-bond acceptors (Lipinski definition) is 6. The van der Waals surface area contributed by atoms with Crippen LogP contribution in [0.4, 0.5) is 11.6 Å². The van der Waals surface area contributed by atoms with E-state index < -0.39 is 10.0 Å². The van der Waals surface area contributed by atoms with Gasteiger partial charge in [-0.2, -0.15) is 13.5 Å². The molecule has 10 heteroatoms. The van der Waals surface area contributed by atoms with E-state index in [9.17, 15) is 8.42 Å². The molecule has 0 aliphatic rings. The fourth-order valence-electron chi connectivity index (χ4n) is 1.70. The number of nitrogens with two attached hydrogens (primary N) is 1. The number of imidazole rings is 1. The van der Waals surface area contributed by atoms with Crippen molar-refractivity contribution in [2.24, 2.45) is 7.05 Å². The van der Waals surface area contributed by atoms with Crippen molar-refractivity contribution in [1.29, 1.82) is 0 Å². The molecule has 0 saturated heterocycles.